The summed E-state index contributed by atoms with van der Waals surface area (Å²) in [5.41, 5.74) is 8.44. The van der Waals surface area contributed by atoms with Crippen molar-refractivity contribution in [3.8, 4) is 5.75 Å². The Morgan fingerprint density at radius 2 is 2.00 bits per heavy atom. The van der Waals surface area contributed by atoms with Crippen LogP contribution in [0.5, 0.6) is 5.75 Å². The van der Waals surface area contributed by atoms with Gasteiger partial charge in [0.15, 0.2) is 0 Å². The number of hydrogen-bond acceptors (Lipinski definition) is 3. The summed E-state index contributed by atoms with van der Waals surface area (Å²) in [5, 5.41) is 0. The van der Waals surface area contributed by atoms with Gasteiger partial charge in [-0.3, -0.25) is 0 Å². The van der Waals surface area contributed by atoms with Gasteiger partial charge >= 0.3 is 0 Å². The fourth-order valence-corrected chi connectivity index (χ4v) is 5.17. The van der Waals surface area contributed by atoms with Crippen LogP contribution in [0.25, 0.3) is 0 Å². The summed E-state index contributed by atoms with van der Waals surface area (Å²) in [6, 6.07) is 7.83. The average Bonchev–Trinajstić information content (AvgIpc) is 2.70. The Balaban J connectivity index is 2.31. The second kappa shape index (κ2) is 6.72. The second-order valence-electron chi connectivity index (χ2n) is 3.88. The SMILES string of the molecule is CCOc1ccc(C(N)c2cc(Br)sc2Br)cc1Br. The molecule has 0 amide bonds. The molecule has 2 nitrogen and oxygen atoms in total. The summed E-state index contributed by atoms with van der Waals surface area (Å²) in [4.78, 5) is 0. The Hall–Kier alpha value is 0.120. The molecule has 1 atom stereocenters. The molecule has 1 aromatic carbocycles. The second-order valence-corrected chi connectivity index (χ2v) is 8.48. The fraction of sp³-hybridized carbons (Fsp3) is 0.231. The minimum atomic E-state index is -0.163. The maximum Gasteiger partial charge on any atom is 0.133 e. The first-order valence-corrected chi connectivity index (χ1v) is 8.85. The summed E-state index contributed by atoms with van der Waals surface area (Å²) in [5.74, 6) is 0.837. The van der Waals surface area contributed by atoms with Gasteiger partial charge in [0.2, 0.25) is 0 Å². The van der Waals surface area contributed by atoms with E-state index in [-0.39, 0.29) is 6.04 Å². The van der Waals surface area contributed by atoms with Gasteiger partial charge in [0.1, 0.15) is 5.75 Å². The number of hydrogen-bond donors (Lipinski definition) is 1. The molecule has 0 aliphatic carbocycles. The molecule has 0 aliphatic rings. The summed E-state index contributed by atoms with van der Waals surface area (Å²) in [6.45, 7) is 2.61. The smallest absolute Gasteiger partial charge is 0.133 e. The van der Waals surface area contributed by atoms with Gasteiger partial charge < -0.3 is 10.5 Å². The lowest BCUT2D eigenvalue weighted by Crippen LogP contribution is -2.11. The first-order valence-electron chi connectivity index (χ1n) is 5.65. The minimum Gasteiger partial charge on any atom is -0.493 e. The highest BCUT2D eigenvalue weighted by Crippen LogP contribution is 2.38. The van der Waals surface area contributed by atoms with Crippen LogP contribution < -0.4 is 10.5 Å². The molecule has 2 aromatic rings. The number of nitrogens with two attached hydrogens (primary N) is 1. The van der Waals surface area contributed by atoms with E-state index in [0.717, 1.165) is 28.9 Å². The Morgan fingerprint density at radius 1 is 1.26 bits per heavy atom. The summed E-state index contributed by atoms with van der Waals surface area (Å²) >= 11 is 12.2. The highest BCUT2D eigenvalue weighted by Gasteiger charge is 2.16. The van der Waals surface area contributed by atoms with Crippen LogP contribution >= 0.6 is 59.1 Å². The van der Waals surface area contributed by atoms with Crippen molar-refractivity contribution in [1.82, 2.24) is 0 Å². The van der Waals surface area contributed by atoms with Crippen molar-refractivity contribution in [2.45, 2.75) is 13.0 Å². The van der Waals surface area contributed by atoms with E-state index < -0.39 is 0 Å². The lowest BCUT2D eigenvalue weighted by Gasteiger charge is -2.14. The first-order chi connectivity index (χ1) is 9.02. The van der Waals surface area contributed by atoms with Crippen molar-refractivity contribution in [2.75, 3.05) is 6.61 Å². The fourth-order valence-electron chi connectivity index (χ4n) is 1.73. The third-order valence-corrected chi connectivity index (χ3v) is 5.64. The Morgan fingerprint density at radius 3 is 2.53 bits per heavy atom. The molecular weight excluding hydrogens is 458 g/mol. The number of halogens is 3. The quantitative estimate of drug-likeness (QED) is 0.643. The predicted molar refractivity (Wildman–Crippen MR) is 91.1 cm³/mol. The van der Waals surface area contributed by atoms with Gasteiger partial charge in [0, 0.05) is 0 Å². The van der Waals surface area contributed by atoms with E-state index in [9.17, 15) is 0 Å². The van der Waals surface area contributed by atoms with Crippen molar-refractivity contribution in [3.05, 3.63) is 47.4 Å². The van der Waals surface area contributed by atoms with Gasteiger partial charge in [-0.25, -0.2) is 0 Å². The summed E-state index contributed by atoms with van der Waals surface area (Å²) in [6.07, 6.45) is 0. The third kappa shape index (κ3) is 3.61. The van der Waals surface area contributed by atoms with E-state index >= 15 is 0 Å². The molecule has 1 unspecified atom stereocenters. The van der Waals surface area contributed by atoms with Crippen LogP contribution in [0.3, 0.4) is 0 Å². The zero-order chi connectivity index (χ0) is 14.0. The molecule has 0 fully saturated rings. The molecule has 19 heavy (non-hydrogen) atoms. The van der Waals surface area contributed by atoms with Crippen LogP contribution in [0.2, 0.25) is 0 Å². The maximum absolute atomic E-state index is 6.32. The molecule has 0 saturated heterocycles. The van der Waals surface area contributed by atoms with E-state index in [1.807, 2.05) is 31.2 Å². The molecule has 102 valence electrons. The van der Waals surface area contributed by atoms with Crippen LogP contribution in [0, 0.1) is 0 Å². The van der Waals surface area contributed by atoms with Crippen LogP contribution in [0.4, 0.5) is 0 Å². The third-order valence-electron chi connectivity index (χ3n) is 2.63. The largest absolute Gasteiger partial charge is 0.493 e. The van der Waals surface area contributed by atoms with Gasteiger partial charge in [-0.15, -0.1) is 11.3 Å². The lowest BCUT2D eigenvalue weighted by molar-refractivity contribution is 0.338. The number of ether oxygens (including phenoxy) is 1. The van der Waals surface area contributed by atoms with Gasteiger partial charge in [-0.1, -0.05) is 6.07 Å². The zero-order valence-electron chi connectivity index (χ0n) is 10.1. The molecule has 0 saturated carbocycles. The molecule has 2 rings (SSSR count). The van der Waals surface area contributed by atoms with Gasteiger partial charge in [-0.05, 0) is 84.0 Å². The topological polar surface area (TPSA) is 35.2 Å². The van der Waals surface area contributed by atoms with E-state index in [2.05, 4.69) is 47.8 Å². The predicted octanol–water partition coefficient (Wildman–Crippen LogP) is 5.48. The van der Waals surface area contributed by atoms with Crippen molar-refractivity contribution in [2.24, 2.45) is 5.73 Å². The Labute approximate surface area is 141 Å². The molecule has 0 bridgehead atoms. The maximum atomic E-state index is 6.32. The number of benzene rings is 1. The molecule has 1 heterocycles. The standard InChI is InChI=1S/C13H12Br3NOS/c1-2-18-10-4-3-7(5-9(10)14)12(17)8-6-11(15)19-13(8)16/h3-6,12H,2,17H2,1H3. The zero-order valence-corrected chi connectivity index (χ0v) is 15.7. The molecule has 0 radical (unpaired) electrons. The van der Waals surface area contributed by atoms with E-state index in [4.69, 9.17) is 10.5 Å². The number of rotatable bonds is 4. The van der Waals surface area contributed by atoms with Crippen LogP contribution in [0.15, 0.2) is 36.3 Å². The van der Waals surface area contributed by atoms with Crippen molar-refractivity contribution in [1.29, 1.82) is 0 Å². The first kappa shape index (κ1) is 15.5. The van der Waals surface area contributed by atoms with Crippen LogP contribution in [-0.2, 0) is 0 Å². The molecule has 2 N–H and O–H groups in total. The Bertz CT molecular complexity index is 585. The van der Waals surface area contributed by atoms with Crippen molar-refractivity contribution < 1.29 is 4.74 Å². The lowest BCUT2D eigenvalue weighted by atomic mass is 10.0. The summed E-state index contributed by atoms with van der Waals surface area (Å²) < 4.78 is 8.54. The van der Waals surface area contributed by atoms with Crippen LogP contribution in [-0.4, -0.2) is 6.61 Å². The minimum absolute atomic E-state index is 0.163. The van der Waals surface area contributed by atoms with Gasteiger partial charge in [0.05, 0.1) is 24.7 Å². The number of thiophene rings is 1. The molecule has 0 aliphatic heterocycles. The highest BCUT2D eigenvalue weighted by atomic mass is 79.9. The normalized spacial score (nSPS) is 12.5. The van der Waals surface area contributed by atoms with Gasteiger partial charge in [-0.2, -0.15) is 0 Å². The van der Waals surface area contributed by atoms with Crippen LogP contribution in [0.1, 0.15) is 24.1 Å². The highest BCUT2D eigenvalue weighted by molar-refractivity contribution is 9.12. The Kier molecular flexibility index (Phi) is 5.48. The van der Waals surface area contributed by atoms with Crippen molar-refractivity contribution in [3.63, 3.8) is 0 Å². The molecule has 1 aromatic heterocycles. The van der Waals surface area contributed by atoms with E-state index in [1.54, 1.807) is 11.3 Å². The van der Waals surface area contributed by atoms with Gasteiger partial charge in [0.25, 0.3) is 0 Å². The molecule has 6 heteroatoms. The van der Waals surface area contributed by atoms with E-state index in [1.165, 1.54) is 0 Å². The molecule has 0 spiro atoms. The molecular formula is C13H12Br3NOS. The van der Waals surface area contributed by atoms with Crippen molar-refractivity contribution >= 4 is 59.1 Å². The van der Waals surface area contributed by atoms with E-state index in [0.29, 0.717) is 6.61 Å². The average molecular weight is 470 g/mol. The summed E-state index contributed by atoms with van der Waals surface area (Å²) in [7, 11) is 0. The monoisotopic (exact) mass is 467 g/mol.